The number of rotatable bonds is 4. The van der Waals surface area contributed by atoms with Gasteiger partial charge in [0.25, 0.3) is 0 Å². The van der Waals surface area contributed by atoms with E-state index in [0.717, 1.165) is 22.7 Å². The zero-order chi connectivity index (χ0) is 16.4. The van der Waals surface area contributed by atoms with Gasteiger partial charge in [-0.1, -0.05) is 17.3 Å². The maximum Gasteiger partial charge on any atom is 0.229 e. The number of anilines is 4. The first kappa shape index (κ1) is 15.0. The monoisotopic (exact) mass is 309 g/mol. The van der Waals surface area contributed by atoms with Crippen LogP contribution in [0.2, 0.25) is 0 Å². The predicted molar refractivity (Wildman–Crippen MR) is 90.5 cm³/mol. The molecular formula is C17H19N5O. The predicted octanol–water partition coefficient (Wildman–Crippen LogP) is 4.19. The van der Waals surface area contributed by atoms with Gasteiger partial charge < -0.3 is 15.2 Å². The Morgan fingerprint density at radius 2 is 1.70 bits per heavy atom. The fourth-order valence-corrected chi connectivity index (χ4v) is 2.24. The zero-order valence-electron chi connectivity index (χ0n) is 13.6. The summed E-state index contributed by atoms with van der Waals surface area (Å²) in [6.07, 6.45) is 0. The summed E-state index contributed by atoms with van der Waals surface area (Å²) in [5, 5.41) is 10.3. The van der Waals surface area contributed by atoms with Gasteiger partial charge in [-0.2, -0.15) is 4.98 Å². The first-order valence-corrected chi connectivity index (χ1v) is 7.40. The Kier molecular flexibility index (Phi) is 3.97. The molecule has 2 N–H and O–H groups in total. The van der Waals surface area contributed by atoms with Crippen molar-refractivity contribution in [3.8, 4) is 0 Å². The molecule has 3 aromatic rings. The molecular weight excluding hydrogens is 290 g/mol. The Bertz CT molecular complexity index is 841. The molecule has 0 atom stereocenters. The van der Waals surface area contributed by atoms with Crippen LogP contribution in [0.25, 0.3) is 0 Å². The highest BCUT2D eigenvalue weighted by molar-refractivity contribution is 5.61. The molecule has 0 aliphatic heterocycles. The number of benzene rings is 1. The van der Waals surface area contributed by atoms with Crippen LogP contribution in [0.4, 0.5) is 23.3 Å². The number of aryl methyl sites for hydroxylation is 4. The summed E-state index contributed by atoms with van der Waals surface area (Å²) in [5.41, 5.74) is 4.18. The van der Waals surface area contributed by atoms with Crippen molar-refractivity contribution in [3.63, 3.8) is 0 Å². The summed E-state index contributed by atoms with van der Waals surface area (Å²) in [6.45, 7) is 7.88. The van der Waals surface area contributed by atoms with Crippen LogP contribution in [0.3, 0.4) is 0 Å². The van der Waals surface area contributed by atoms with E-state index in [1.54, 1.807) is 0 Å². The molecule has 0 unspecified atom stereocenters. The molecule has 0 aliphatic carbocycles. The number of nitrogens with one attached hydrogen (secondary N) is 2. The van der Waals surface area contributed by atoms with E-state index < -0.39 is 0 Å². The van der Waals surface area contributed by atoms with Gasteiger partial charge in [0, 0.05) is 23.5 Å². The minimum absolute atomic E-state index is 0.543. The second-order valence-corrected chi connectivity index (χ2v) is 5.61. The van der Waals surface area contributed by atoms with Gasteiger partial charge in [0.15, 0.2) is 5.82 Å². The van der Waals surface area contributed by atoms with Gasteiger partial charge in [-0.05, 0) is 44.9 Å². The molecule has 118 valence electrons. The van der Waals surface area contributed by atoms with Gasteiger partial charge >= 0.3 is 0 Å². The van der Waals surface area contributed by atoms with Crippen LogP contribution in [-0.2, 0) is 0 Å². The summed E-state index contributed by atoms with van der Waals surface area (Å²) in [6, 6.07) is 9.91. The highest BCUT2D eigenvalue weighted by Crippen LogP contribution is 2.22. The molecule has 0 bridgehead atoms. The van der Waals surface area contributed by atoms with Gasteiger partial charge in [-0.3, -0.25) is 0 Å². The third-order valence-corrected chi connectivity index (χ3v) is 3.38. The van der Waals surface area contributed by atoms with Gasteiger partial charge in [0.2, 0.25) is 5.95 Å². The molecule has 3 rings (SSSR count). The fourth-order valence-electron chi connectivity index (χ4n) is 2.24. The van der Waals surface area contributed by atoms with Crippen molar-refractivity contribution in [1.82, 2.24) is 15.1 Å². The number of aromatic nitrogens is 3. The standard InChI is InChI=1S/C17H19N5O/c1-10-5-6-11(2)14(7-10)19-17-18-12(3)8-15(21-17)20-16-9-13(4)23-22-16/h5-9H,1-4H3,(H2,18,19,20,21,22). The maximum atomic E-state index is 5.05. The van der Waals surface area contributed by atoms with Crippen molar-refractivity contribution in [2.45, 2.75) is 27.7 Å². The molecule has 0 spiro atoms. The minimum Gasteiger partial charge on any atom is -0.360 e. The van der Waals surface area contributed by atoms with Gasteiger partial charge in [-0.15, -0.1) is 0 Å². The quantitative estimate of drug-likeness (QED) is 0.752. The molecule has 6 nitrogen and oxygen atoms in total. The molecule has 2 heterocycles. The van der Waals surface area contributed by atoms with E-state index in [4.69, 9.17) is 4.52 Å². The molecule has 1 aromatic carbocycles. The molecule has 0 radical (unpaired) electrons. The van der Waals surface area contributed by atoms with Crippen molar-refractivity contribution < 1.29 is 4.52 Å². The van der Waals surface area contributed by atoms with E-state index in [1.165, 1.54) is 5.56 Å². The number of nitrogens with zero attached hydrogens (tertiary/aromatic N) is 3. The van der Waals surface area contributed by atoms with Gasteiger partial charge in [0.1, 0.15) is 11.6 Å². The third-order valence-electron chi connectivity index (χ3n) is 3.38. The largest absolute Gasteiger partial charge is 0.360 e. The van der Waals surface area contributed by atoms with Crippen LogP contribution in [0, 0.1) is 27.7 Å². The molecule has 0 fully saturated rings. The van der Waals surface area contributed by atoms with Crippen LogP contribution in [0.1, 0.15) is 22.6 Å². The molecule has 2 aromatic heterocycles. The fraction of sp³-hybridized carbons (Fsp3) is 0.235. The summed E-state index contributed by atoms with van der Waals surface area (Å²) >= 11 is 0. The normalized spacial score (nSPS) is 10.6. The van der Waals surface area contributed by atoms with E-state index in [0.29, 0.717) is 17.6 Å². The lowest BCUT2D eigenvalue weighted by Crippen LogP contribution is -2.03. The van der Waals surface area contributed by atoms with Gasteiger partial charge in [0.05, 0.1) is 0 Å². The lowest BCUT2D eigenvalue weighted by Gasteiger charge is -2.11. The van der Waals surface area contributed by atoms with Crippen molar-refractivity contribution in [2.75, 3.05) is 10.6 Å². The van der Waals surface area contributed by atoms with Crippen LogP contribution in [0.5, 0.6) is 0 Å². The van der Waals surface area contributed by atoms with Crippen LogP contribution in [0.15, 0.2) is 34.9 Å². The first-order chi connectivity index (χ1) is 11.0. The van der Waals surface area contributed by atoms with E-state index >= 15 is 0 Å². The Labute approximate surface area is 135 Å². The second kappa shape index (κ2) is 6.08. The lowest BCUT2D eigenvalue weighted by molar-refractivity contribution is 0.400. The Balaban J connectivity index is 1.86. The summed E-state index contributed by atoms with van der Waals surface area (Å²) < 4.78 is 5.05. The topological polar surface area (TPSA) is 75.9 Å². The van der Waals surface area contributed by atoms with Crippen LogP contribution < -0.4 is 10.6 Å². The van der Waals surface area contributed by atoms with Crippen molar-refractivity contribution >= 4 is 23.3 Å². The summed E-state index contributed by atoms with van der Waals surface area (Å²) in [4.78, 5) is 8.93. The highest BCUT2D eigenvalue weighted by Gasteiger charge is 2.07. The Hall–Kier alpha value is -2.89. The average Bonchev–Trinajstić information content (AvgIpc) is 2.87. The number of hydrogen-bond donors (Lipinski definition) is 2. The average molecular weight is 309 g/mol. The van der Waals surface area contributed by atoms with E-state index in [1.807, 2.05) is 26.0 Å². The summed E-state index contributed by atoms with van der Waals surface area (Å²) in [7, 11) is 0. The SMILES string of the molecule is Cc1ccc(C)c(Nc2nc(C)cc(Nc3cc(C)on3)n2)c1. The molecule has 0 aliphatic rings. The van der Waals surface area contributed by atoms with Crippen molar-refractivity contribution in [3.05, 3.63) is 52.9 Å². The van der Waals surface area contributed by atoms with E-state index in [-0.39, 0.29) is 0 Å². The molecule has 0 saturated heterocycles. The Morgan fingerprint density at radius 3 is 2.43 bits per heavy atom. The zero-order valence-corrected chi connectivity index (χ0v) is 13.6. The molecule has 0 amide bonds. The van der Waals surface area contributed by atoms with Crippen LogP contribution in [-0.4, -0.2) is 15.1 Å². The number of hydrogen-bond acceptors (Lipinski definition) is 6. The van der Waals surface area contributed by atoms with Gasteiger partial charge in [-0.25, -0.2) is 4.98 Å². The van der Waals surface area contributed by atoms with Crippen LogP contribution >= 0.6 is 0 Å². The van der Waals surface area contributed by atoms with Crippen molar-refractivity contribution in [2.24, 2.45) is 0 Å². The molecule has 0 saturated carbocycles. The summed E-state index contributed by atoms with van der Waals surface area (Å²) in [5.74, 6) is 2.57. The molecule has 6 heteroatoms. The van der Waals surface area contributed by atoms with E-state index in [2.05, 4.69) is 57.8 Å². The van der Waals surface area contributed by atoms with E-state index in [9.17, 15) is 0 Å². The third kappa shape index (κ3) is 3.66. The molecule has 23 heavy (non-hydrogen) atoms. The highest BCUT2D eigenvalue weighted by atomic mass is 16.5. The van der Waals surface area contributed by atoms with Crippen molar-refractivity contribution in [1.29, 1.82) is 0 Å². The maximum absolute atomic E-state index is 5.05. The lowest BCUT2D eigenvalue weighted by atomic mass is 10.1. The minimum atomic E-state index is 0.543. The smallest absolute Gasteiger partial charge is 0.229 e. The second-order valence-electron chi connectivity index (χ2n) is 5.61. The first-order valence-electron chi connectivity index (χ1n) is 7.40. The Morgan fingerprint density at radius 1 is 0.870 bits per heavy atom.